The van der Waals surface area contributed by atoms with E-state index in [-0.39, 0.29) is 0 Å². The summed E-state index contributed by atoms with van der Waals surface area (Å²) < 4.78 is 11.5. The Balaban J connectivity index is 1.98. The molecule has 1 saturated heterocycles. The molecule has 1 aliphatic rings. The summed E-state index contributed by atoms with van der Waals surface area (Å²) >= 11 is 0. The van der Waals surface area contributed by atoms with E-state index in [1.165, 1.54) is 0 Å². The molecule has 84 valence electrons. The molecule has 3 nitrogen and oxygen atoms in total. The standard InChI is InChI=1S/C13H15NO2/c1-9-8-15-11-3-2-4-12(13(9)11)16-10-5-6-14-7-10/h2-4,8,10,14H,5-7H2,1H3. The first kappa shape index (κ1) is 9.73. The number of benzene rings is 1. The lowest BCUT2D eigenvalue weighted by atomic mass is 10.2. The van der Waals surface area contributed by atoms with E-state index < -0.39 is 0 Å². The molecule has 1 fully saturated rings. The third kappa shape index (κ3) is 1.57. The molecule has 2 aromatic rings. The molecule has 1 atom stereocenters. The van der Waals surface area contributed by atoms with E-state index in [1.54, 1.807) is 6.26 Å². The van der Waals surface area contributed by atoms with Crippen molar-refractivity contribution in [3.05, 3.63) is 30.0 Å². The van der Waals surface area contributed by atoms with Gasteiger partial charge in [0.2, 0.25) is 0 Å². The number of hydrogen-bond donors (Lipinski definition) is 1. The Morgan fingerprint density at radius 1 is 1.44 bits per heavy atom. The van der Waals surface area contributed by atoms with E-state index in [1.807, 2.05) is 25.1 Å². The summed E-state index contributed by atoms with van der Waals surface area (Å²) in [6.07, 6.45) is 3.15. The molecule has 1 aliphatic heterocycles. The van der Waals surface area contributed by atoms with Gasteiger partial charge < -0.3 is 14.5 Å². The zero-order chi connectivity index (χ0) is 11.0. The van der Waals surface area contributed by atoms with Gasteiger partial charge in [-0.2, -0.15) is 0 Å². The minimum absolute atomic E-state index is 0.292. The summed E-state index contributed by atoms with van der Waals surface area (Å²) in [5, 5.41) is 4.41. The van der Waals surface area contributed by atoms with Crippen LogP contribution in [0.5, 0.6) is 5.75 Å². The third-order valence-corrected chi connectivity index (χ3v) is 3.05. The highest BCUT2D eigenvalue weighted by molar-refractivity contribution is 5.87. The fourth-order valence-corrected chi connectivity index (χ4v) is 2.22. The maximum Gasteiger partial charge on any atom is 0.137 e. The normalized spacial score (nSPS) is 20.4. The number of ether oxygens (including phenoxy) is 1. The lowest BCUT2D eigenvalue weighted by Crippen LogP contribution is -2.19. The fourth-order valence-electron chi connectivity index (χ4n) is 2.22. The van der Waals surface area contributed by atoms with E-state index in [9.17, 15) is 0 Å². The first-order valence-electron chi connectivity index (χ1n) is 5.69. The summed E-state index contributed by atoms with van der Waals surface area (Å²) in [5.41, 5.74) is 2.04. The minimum Gasteiger partial charge on any atom is -0.488 e. The molecule has 1 N–H and O–H groups in total. The van der Waals surface area contributed by atoms with Crippen LogP contribution >= 0.6 is 0 Å². The van der Waals surface area contributed by atoms with Gasteiger partial charge in [-0.15, -0.1) is 0 Å². The maximum atomic E-state index is 6.01. The van der Waals surface area contributed by atoms with E-state index in [2.05, 4.69) is 5.32 Å². The van der Waals surface area contributed by atoms with Crippen molar-refractivity contribution < 1.29 is 9.15 Å². The second kappa shape index (κ2) is 3.83. The van der Waals surface area contributed by atoms with Crippen LogP contribution in [0.15, 0.2) is 28.9 Å². The van der Waals surface area contributed by atoms with Gasteiger partial charge in [-0.3, -0.25) is 0 Å². The second-order valence-corrected chi connectivity index (χ2v) is 4.28. The quantitative estimate of drug-likeness (QED) is 0.839. The van der Waals surface area contributed by atoms with Crippen molar-refractivity contribution in [3.8, 4) is 5.75 Å². The maximum absolute atomic E-state index is 6.01. The Hall–Kier alpha value is -1.48. The molecule has 1 aromatic carbocycles. The monoisotopic (exact) mass is 217 g/mol. The zero-order valence-electron chi connectivity index (χ0n) is 9.32. The molecule has 0 saturated carbocycles. The van der Waals surface area contributed by atoms with Crippen molar-refractivity contribution >= 4 is 11.0 Å². The van der Waals surface area contributed by atoms with Crippen molar-refractivity contribution in [2.24, 2.45) is 0 Å². The molecule has 0 radical (unpaired) electrons. The zero-order valence-corrected chi connectivity index (χ0v) is 9.32. The Morgan fingerprint density at radius 2 is 2.38 bits per heavy atom. The predicted molar refractivity (Wildman–Crippen MR) is 62.9 cm³/mol. The molecule has 1 aromatic heterocycles. The van der Waals surface area contributed by atoms with Gasteiger partial charge in [0.25, 0.3) is 0 Å². The van der Waals surface area contributed by atoms with Crippen LogP contribution in [-0.2, 0) is 0 Å². The highest BCUT2D eigenvalue weighted by Crippen LogP contribution is 2.31. The highest BCUT2D eigenvalue weighted by Gasteiger charge is 2.18. The molecular formula is C13H15NO2. The molecule has 0 amide bonds. The van der Waals surface area contributed by atoms with Crippen LogP contribution in [0.2, 0.25) is 0 Å². The van der Waals surface area contributed by atoms with Gasteiger partial charge in [0.05, 0.1) is 11.6 Å². The molecule has 16 heavy (non-hydrogen) atoms. The Labute approximate surface area is 94.4 Å². The first-order chi connectivity index (χ1) is 7.84. The summed E-state index contributed by atoms with van der Waals surface area (Å²) in [4.78, 5) is 0. The van der Waals surface area contributed by atoms with Gasteiger partial charge in [0, 0.05) is 6.54 Å². The SMILES string of the molecule is Cc1coc2cccc(OC3CCNC3)c12. The second-order valence-electron chi connectivity index (χ2n) is 4.28. The third-order valence-electron chi connectivity index (χ3n) is 3.05. The molecule has 0 aliphatic carbocycles. The average molecular weight is 217 g/mol. The van der Waals surface area contributed by atoms with Gasteiger partial charge >= 0.3 is 0 Å². The predicted octanol–water partition coefficient (Wildman–Crippen LogP) is 2.48. The van der Waals surface area contributed by atoms with E-state index >= 15 is 0 Å². The smallest absolute Gasteiger partial charge is 0.137 e. The van der Waals surface area contributed by atoms with Crippen molar-refractivity contribution in [1.82, 2.24) is 5.32 Å². The van der Waals surface area contributed by atoms with Crippen LogP contribution in [-0.4, -0.2) is 19.2 Å². The van der Waals surface area contributed by atoms with Crippen LogP contribution in [0, 0.1) is 6.92 Å². The lowest BCUT2D eigenvalue weighted by molar-refractivity contribution is 0.226. The molecule has 3 rings (SSSR count). The Morgan fingerprint density at radius 3 is 3.19 bits per heavy atom. The van der Waals surface area contributed by atoms with Gasteiger partial charge in [0.15, 0.2) is 0 Å². The number of hydrogen-bond acceptors (Lipinski definition) is 3. The van der Waals surface area contributed by atoms with E-state index in [4.69, 9.17) is 9.15 Å². The van der Waals surface area contributed by atoms with Gasteiger partial charge in [-0.1, -0.05) is 6.07 Å². The first-order valence-corrected chi connectivity index (χ1v) is 5.69. The lowest BCUT2D eigenvalue weighted by Gasteiger charge is -2.13. The van der Waals surface area contributed by atoms with Gasteiger partial charge in [-0.05, 0) is 37.6 Å². The number of rotatable bonds is 2. The largest absolute Gasteiger partial charge is 0.488 e. The molecule has 2 heterocycles. The van der Waals surface area contributed by atoms with Crippen molar-refractivity contribution in [1.29, 1.82) is 0 Å². The number of aryl methyl sites for hydroxylation is 1. The number of nitrogens with one attached hydrogen (secondary N) is 1. The Kier molecular flexibility index (Phi) is 2.33. The summed E-state index contributed by atoms with van der Waals surface area (Å²) in [5.74, 6) is 0.942. The molecule has 0 bridgehead atoms. The average Bonchev–Trinajstić information content (AvgIpc) is 2.90. The van der Waals surface area contributed by atoms with Crippen molar-refractivity contribution in [2.45, 2.75) is 19.4 Å². The summed E-state index contributed by atoms with van der Waals surface area (Å²) in [7, 11) is 0. The van der Waals surface area contributed by atoms with Gasteiger partial charge in [-0.25, -0.2) is 0 Å². The van der Waals surface area contributed by atoms with Crippen molar-refractivity contribution in [2.75, 3.05) is 13.1 Å². The fraction of sp³-hybridized carbons (Fsp3) is 0.385. The van der Waals surface area contributed by atoms with Crippen LogP contribution in [0.3, 0.4) is 0 Å². The Bertz CT molecular complexity index is 498. The molecular weight excluding hydrogens is 202 g/mol. The number of furan rings is 1. The number of fused-ring (bicyclic) bond motifs is 1. The van der Waals surface area contributed by atoms with Crippen molar-refractivity contribution in [3.63, 3.8) is 0 Å². The van der Waals surface area contributed by atoms with Crippen LogP contribution in [0.1, 0.15) is 12.0 Å². The molecule has 3 heteroatoms. The van der Waals surface area contributed by atoms with E-state index in [0.29, 0.717) is 6.10 Å². The van der Waals surface area contributed by atoms with Gasteiger partial charge in [0.1, 0.15) is 17.4 Å². The molecule has 0 spiro atoms. The topological polar surface area (TPSA) is 34.4 Å². The van der Waals surface area contributed by atoms with E-state index in [0.717, 1.165) is 41.8 Å². The highest BCUT2D eigenvalue weighted by atomic mass is 16.5. The molecule has 1 unspecified atom stereocenters. The summed E-state index contributed by atoms with van der Waals surface area (Å²) in [6.45, 7) is 4.03. The van der Waals surface area contributed by atoms with Crippen LogP contribution in [0.4, 0.5) is 0 Å². The van der Waals surface area contributed by atoms with Crippen LogP contribution in [0.25, 0.3) is 11.0 Å². The van der Waals surface area contributed by atoms with Crippen LogP contribution < -0.4 is 10.1 Å². The minimum atomic E-state index is 0.292. The summed E-state index contributed by atoms with van der Waals surface area (Å²) in [6, 6.07) is 5.97.